The minimum absolute atomic E-state index is 0.0517. The van der Waals surface area contributed by atoms with Gasteiger partial charge in [0.25, 0.3) is 5.69 Å². The van der Waals surface area contributed by atoms with Gasteiger partial charge in [0, 0.05) is 12.1 Å². The molecule has 104 valence electrons. The van der Waals surface area contributed by atoms with Crippen LogP contribution in [0.2, 0.25) is 5.02 Å². The molecule has 0 saturated heterocycles. The summed E-state index contributed by atoms with van der Waals surface area (Å²) in [6.45, 7) is 4.48. The van der Waals surface area contributed by atoms with E-state index >= 15 is 0 Å². The fraction of sp³-hybridized carbons (Fsp3) is 0.571. The average Bonchev–Trinajstić information content (AvgIpc) is 2.30. The molecule has 0 heterocycles. The van der Waals surface area contributed by atoms with Gasteiger partial charge >= 0.3 is 0 Å². The maximum Gasteiger partial charge on any atom is 0.293 e. The molecule has 19 heavy (non-hydrogen) atoms. The number of anilines is 1. The second-order valence-corrected chi connectivity index (χ2v) is 6.40. The van der Waals surface area contributed by atoms with Gasteiger partial charge in [-0.25, -0.2) is 0 Å². The van der Waals surface area contributed by atoms with Crippen LogP contribution in [0, 0.1) is 15.5 Å². The minimum Gasteiger partial charge on any atom is -0.376 e. The monoisotopic (exact) mass is 282 g/mol. The number of nitro benzene ring substituents is 1. The third-order valence-electron chi connectivity index (χ3n) is 3.74. The largest absolute Gasteiger partial charge is 0.376 e. The number of para-hydroxylation sites is 1. The Morgan fingerprint density at radius 3 is 2.84 bits per heavy atom. The van der Waals surface area contributed by atoms with Gasteiger partial charge in [-0.2, -0.15) is 0 Å². The van der Waals surface area contributed by atoms with E-state index in [0.29, 0.717) is 10.7 Å². The van der Waals surface area contributed by atoms with E-state index in [-0.39, 0.29) is 22.1 Å². The van der Waals surface area contributed by atoms with E-state index in [1.807, 2.05) is 0 Å². The Kier molecular flexibility index (Phi) is 3.99. The highest BCUT2D eigenvalue weighted by Gasteiger charge is 2.29. The van der Waals surface area contributed by atoms with Gasteiger partial charge in [-0.3, -0.25) is 10.1 Å². The van der Waals surface area contributed by atoms with Crippen molar-refractivity contribution < 1.29 is 4.92 Å². The lowest BCUT2D eigenvalue weighted by atomic mass is 9.75. The van der Waals surface area contributed by atoms with Gasteiger partial charge in [-0.15, -0.1) is 0 Å². The predicted octanol–water partition coefficient (Wildman–Crippen LogP) is 4.63. The molecule has 1 fully saturated rings. The van der Waals surface area contributed by atoms with Gasteiger partial charge in [0.1, 0.15) is 5.69 Å². The van der Waals surface area contributed by atoms with Crippen LogP contribution in [0.5, 0.6) is 0 Å². The van der Waals surface area contributed by atoms with Crippen LogP contribution in [0.1, 0.15) is 39.5 Å². The van der Waals surface area contributed by atoms with Crippen molar-refractivity contribution >= 4 is 23.0 Å². The Labute approximate surface area is 118 Å². The standard InChI is InChI=1S/C14H19ClN2O2/c1-14(2)8-4-5-10(9-14)16-13-11(15)6-3-7-12(13)17(18)19/h3,6-7,10,16H,4-5,8-9H2,1-2H3. The number of hydrogen-bond acceptors (Lipinski definition) is 3. The van der Waals surface area contributed by atoms with Crippen LogP contribution in [-0.2, 0) is 0 Å². The van der Waals surface area contributed by atoms with Crippen LogP contribution in [0.3, 0.4) is 0 Å². The highest BCUT2D eigenvalue weighted by atomic mass is 35.5. The molecule has 1 saturated carbocycles. The SMILES string of the molecule is CC1(C)CCCC(Nc2c(Cl)cccc2[N+](=O)[O-])C1. The molecular formula is C14H19ClN2O2. The van der Waals surface area contributed by atoms with Crippen molar-refractivity contribution in [1.82, 2.24) is 0 Å². The summed E-state index contributed by atoms with van der Waals surface area (Å²) in [4.78, 5) is 10.7. The van der Waals surface area contributed by atoms with Crippen LogP contribution >= 0.6 is 11.6 Å². The summed E-state index contributed by atoms with van der Waals surface area (Å²) in [6.07, 6.45) is 4.39. The summed E-state index contributed by atoms with van der Waals surface area (Å²) in [6, 6.07) is 5.03. The van der Waals surface area contributed by atoms with Gasteiger partial charge in [-0.05, 0) is 30.7 Å². The molecule has 5 heteroatoms. The number of hydrogen-bond donors (Lipinski definition) is 1. The molecule has 1 N–H and O–H groups in total. The molecule has 0 radical (unpaired) electrons. The molecule has 0 bridgehead atoms. The summed E-state index contributed by atoms with van der Waals surface area (Å²) in [5.74, 6) is 0. The van der Waals surface area contributed by atoms with Crippen LogP contribution in [0.4, 0.5) is 11.4 Å². The van der Waals surface area contributed by atoms with Gasteiger partial charge in [0.15, 0.2) is 0 Å². The van der Waals surface area contributed by atoms with Gasteiger partial charge < -0.3 is 5.32 Å². The Morgan fingerprint density at radius 2 is 2.21 bits per heavy atom. The fourth-order valence-corrected chi connectivity index (χ4v) is 3.06. The molecule has 1 unspecified atom stereocenters. The van der Waals surface area contributed by atoms with E-state index in [4.69, 9.17) is 11.6 Å². The molecule has 2 rings (SSSR count). The Balaban J connectivity index is 2.21. The summed E-state index contributed by atoms with van der Waals surface area (Å²) >= 11 is 6.10. The number of benzene rings is 1. The van der Waals surface area contributed by atoms with Gasteiger partial charge in [0.2, 0.25) is 0 Å². The summed E-state index contributed by atoms with van der Waals surface area (Å²) in [5.41, 5.74) is 0.791. The van der Waals surface area contributed by atoms with Crippen molar-refractivity contribution in [3.05, 3.63) is 33.3 Å². The van der Waals surface area contributed by atoms with Crippen molar-refractivity contribution in [1.29, 1.82) is 0 Å². The van der Waals surface area contributed by atoms with E-state index in [0.717, 1.165) is 19.3 Å². The lowest BCUT2D eigenvalue weighted by molar-refractivity contribution is -0.384. The van der Waals surface area contributed by atoms with E-state index in [9.17, 15) is 10.1 Å². The first-order valence-corrected chi connectivity index (χ1v) is 6.96. The molecule has 0 amide bonds. The Hall–Kier alpha value is -1.29. The zero-order valence-corrected chi connectivity index (χ0v) is 12.0. The van der Waals surface area contributed by atoms with Crippen LogP contribution in [0.15, 0.2) is 18.2 Å². The zero-order chi connectivity index (χ0) is 14.0. The summed E-state index contributed by atoms with van der Waals surface area (Å²) in [7, 11) is 0. The van der Waals surface area contributed by atoms with Crippen LogP contribution in [0.25, 0.3) is 0 Å². The van der Waals surface area contributed by atoms with Crippen molar-refractivity contribution in [2.75, 3.05) is 5.32 Å². The molecular weight excluding hydrogens is 264 g/mol. The lowest BCUT2D eigenvalue weighted by Gasteiger charge is -2.36. The molecule has 0 spiro atoms. The molecule has 4 nitrogen and oxygen atoms in total. The number of nitrogens with one attached hydrogen (secondary N) is 1. The first-order valence-electron chi connectivity index (χ1n) is 6.58. The van der Waals surface area contributed by atoms with E-state index in [2.05, 4.69) is 19.2 Å². The molecule has 1 aliphatic carbocycles. The van der Waals surface area contributed by atoms with E-state index < -0.39 is 0 Å². The Bertz CT molecular complexity index is 488. The summed E-state index contributed by atoms with van der Waals surface area (Å²) in [5, 5.41) is 14.7. The average molecular weight is 283 g/mol. The second kappa shape index (κ2) is 5.37. The Morgan fingerprint density at radius 1 is 1.47 bits per heavy atom. The number of rotatable bonds is 3. The molecule has 1 atom stereocenters. The highest BCUT2D eigenvalue weighted by Crippen LogP contribution is 2.39. The summed E-state index contributed by atoms with van der Waals surface area (Å²) < 4.78 is 0. The number of nitro groups is 1. The van der Waals surface area contributed by atoms with Gasteiger partial charge in [0.05, 0.1) is 9.95 Å². The number of halogens is 1. The highest BCUT2D eigenvalue weighted by molar-refractivity contribution is 6.33. The van der Waals surface area contributed by atoms with E-state index in [1.54, 1.807) is 12.1 Å². The van der Waals surface area contributed by atoms with Crippen molar-refractivity contribution in [2.24, 2.45) is 5.41 Å². The smallest absolute Gasteiger partial charge is 0.293 e. The lowest BCUT2D eigenvalue weighted by Crippen LogP contribution is -2.32. The zero-order valence-electron chi connectivity index (χ0n) is 11.3. The molecule has 1 aromatic rings. The molecule has 0 aromatic heterocycles. The first-order chi connectivity index (χ1) is 8.89. The third-order valence-corrected chi connectivity index (χ3v) is 4.06. The fourth-order valence-electron chi connectivity index (χ4n) is 2.83. The third kappa shape index (κ3) is 3.38. The van der Waals surface area contributed by atoms with Crippen molar-refractivity contribution in [3.63, 3.8) is 0 Å². The van der Waals surface area contributed by atoms with Gasteiger partial charge in [-0.1, -0.05) is 37.9 Å². The van der Waals surface area contributed by atoms with E-state index in [1.165, 1.54) is 12.5 Å². The normalized spacial score (nSPS) is 21.9. The van der Waals surface area contributed by atoms with Crippen LogP contribution < -0.4 is 5.32 Å². The molecule has 0 aliphatic heterocycles. The maximum absolute atomic E-state index is 11.0. The topological polar surface area (TPSA) is 55.2 Å². The number of nitrogens with zero attached hydrogens (tertiary/aromatic N) is 1. The first kappa shape index (κ1) is 14.1. The van der Waals surface area contributed by atoms with Crippen LogP contribution in [-0.4, -0.2) is 11.0 Å². The minimum atomic E-state index is -0.387. The van der Waals surface area contributed by atoms with Crippen molar-refractivity contribution in [3.8, 4) is 0 Å². The predicted molar refractivity (Wildman–Crippen MR) is 77.8 cm³/mol. The maximum atomic E-state index is 11.0. The second-order valence-electron chi connectivity index (χ2n) is 5.99. The van der Waals surface area contributed by atoms with Crippen molar-refractivity contribution in [2.45, 2.75) is 45.6 Å². The molecule has 1 aromatic carbocycles. The quantitative estimate of drug-likeness (QED) is 0.649. The molecule has 1 aliphatic rings.